The predicted molar refractivity (Wildman–Crippen MR) is 98.3 cm³/mol. The van der Waals surface area contributed by atoms with E-state index in [0.29, 0.717) is 0 Å². The molecule has 5 nitrogen and oxygen atoms in total. The summed E-state index contributed by atoms with van der Waals surface area (Å²) in [7, 11) is 1.99. The molecule has 3 rings (SSSR count). The van der Waals surface area contributed by atoms with Gasteiger partial charge in [-0.2, -0.15) is 5.10 Å². The SMILES string of the molecule is Cc1ccccc1NCC(=O)N/N=C/c1cn(C)c2ccccc12. The highest BCUT2D eigenvalue weighted by Crippen LogP contribution is 2.18. The molecule has 24 heavy (non-hydrogen) atoms. The summed E-state index contributed by atoms with van der Waals surface area (Å²) in [5.74, 6) is -0.185. The fourth-order valence-corrected chi connectivity index (χ4v) is 2.64. The molecule has 1 aromatic heterocycles. The lowest BCUT2D eigenvalue weighted by Crippen LogP contribution is -2.26. The summed E-state index contributed by atoms with van der Waals surface area (Å²) in [6.45, 7) is 2.18. The number of aromatic nitrogens is 1. The third kappa shape index (κ3) is 3.46. The first-order valence-corrected chi connectivity index (χ1v) is 7.80. The van der Waals surface area contributed by atoms with Crippen molar-refractivity contribution in [3.63, 3.8) is 0 Å². The molecule has 0 radical (unpaired) electrons. The monoisotopic (exact) mass is 320 g/mol. The largest absolute Gasteiger partial charge is 0.376 e. The summed E-state index contributed by atoms with van der Waals surface area (Å²) in [6.07, 6.45) is 3.67. The normalized spacial score (nSPS) is 11.1. The van der Waals surface area contributed by atoms with Gasteiger partial charge in [-0.05, 0) is 24.6 Å². The van der Waals surface area contributed by atoms with Crippen LogP contribution < -0.4 is 10.7 Å². The van der Waals surface area contributed by atoms with Crippen LogP contribution in [0.5, 0.6) is 0 Å². The van der Waals surface area contributed by atoms with E-state index in [9.17, 15) is 4.79 Å². The first kappa shape index (κ1) is 15.8. The third-order valence-corrected chi connectivity index (χ3v) is 3.91. The van der Waals surface area contributed by atoms with Crippen molar-refractivity contribution in [2.75, 3.05) is 11.9 Å². The second kappa shape index (κ2) is 7.00. The highest BCUT2D eigenvalue weighted by molar-refractivity contribution is 5.99. The van der Waals surface area contributed by atoms with E-state index in [0.717, 1.165) is 27.7 Å². The molecule has 1 heterocycles. The summed E-state index contributed by atoms with van der Waals surface area (Å²) in [5.41, 5.74) is 6.71. The van der Waals surface area contributed by atoms with Gasteiger partial charge in [0.15, 0.2) is 0 Å². The Morgan fingerprint density at radius 3 is 2.75 bits per heavy atom. The Kier molecular flexibility index (Phi) is 4.61. The zero-order chi connectivity index (χ0) is 16.9. The van der Waals surface area contributed by atoms with Crippen LogP contribution >= 0.6 is 0 Å². The zero-order valence-corrected chi connectivity index (χ0v) is 13.8. The van der Waals surface area contributed by atoms with Gasteiger partial charge in [0, 0.05) is 35.4 Å². The maximum atomic E-state index is 11.9. The second-order valence-corrected chi connectivity index (χ2v) is 5.67. The van der Waals surface area contributed by atoms with Crippen molar-refractivity contribution in [1.29, 1.82) is 0 Å². The number of hydrogen-bond acceptors (Lipinski definition) is 3. The first-order valence-electron chi connectivity index (χ1n) is 7.80. The lowest BCUT2D eigenvalue weighted by molar-refractivity contribution is -0.119. The Hall–Kier alpha value is -3.08. The second-order valence-electron chi connectivity index (χ2n) is 5.67. The van der Waals surface area contributed by atoms with Crippen LogP contribution in [0.4, 0.5) is 5.69 Å². The third-order valence-electron chi connectivity index (χ3n) is 3.91. The molecule has 0 fully saturated rings. The summed E-state index contributed by atoms with van der Waals surface area (Å²) >= 11 is 0. The van der Waals surface area contributed by atoms with E-state index in [4.69, 9.17) is 0 Å². The summed E-state index contributed by atoms with van der Waals surface area (Å²) in [5, 5.41) is 8.27. The molecule has 0 saturated carbocycles. The van der Waals surface area contributed by atoms with Crippen LogP contribution in [0.25, 0.3) is 10.9 Å². The number of hydrazone groups is 1. The van der Waals surface area contributed by atoms with Gasteiger partial charge in [-0.15, -0.1) is 0 Å². The number of hydrogen-bond donors (Lipinski definition) is 2. The van der Waals surface area contributed by atoms with Gasteiger partial charge in [0.25, 0.3) is 5.91 Å². The van der Waals surface area contributed by atoms with Crippen LogP contribution in [0.2, 0.25) is 0 Å². The van der Waals surface area contributed by atoms with Crippen LogP contribution in [0, 0.1) is 6.92 Å². The topological polar surface area (TPSA) is 58.4 Å². The lowest BCUT2D eigenvalue weighted by atomic mass is 10.2. The maximum Gasteiger partial charge on any atom is 0.259 e. The number of fused-ring (bicyclic) bond motifs is 1. The number of benzene rings is 2. The van der Waals surface area contributed by atoms with Gasteiger partial charge in [-0.1, -0.05) is 36.4 Å². The summed E-state index contributed by atoms with van der Waals surface area (Å²) in [6, 6.07) is 15.9. The Balaban J connectivity index is 1.59. The van der Waals surface area contributed by atoms with Crippen molar-refractivity contribution in [2.24, 2.45) is 12.1 Å². The Morgan fingerprint density at radius 1 is 1.17 bits per heavy atom. The highest BCUT2D eigenvalue weighted by atomic mass is 16.2. The number of rotatable bonds is 5. The molecule has 0 aliphatic heterocycles. The molecule has 0 saturated heterocycles. The van der Waals surface area contributed by atoms with Crippen LogP contribution in [0.3, 0.4) is 0 Å². The molecular formula is C19H20N4O. The van der Waals surface area contributed by atoms with Crippen molar-refractivity contribution in [3.05, 3.63) is 65.9 Å². The molecule has 3 aromatic rings. The molecule has 0 unspecified atom stereocenters. The number of nitrogens with zero attached hydrogens (tertiary/aromatic N) is 2. The Bertz CT molecular complexity index is 895. The fraction of sp³-hybridized carbons (Fsp3) is 0.158. The van der Waals surface area contributed by atoms with Crippen LogP contribution in [0.15, 0.2) is 59.8 Å². The molecule has 2 aromatic carbocycles. The molecule has 0 atom stereocenters. The number of anilines is 1. The van der Waals surface area contributed by atoms with E-state index in [-0.39, 0.29) is 12.5 Å². The lowest BCUT2D eigenvalue weighted by Gasteiger charge is -2.07. The van der Waals surface area contributed by atoms with Crippen molar-refractivity contribution in [1.82, 2.24) is 9.99 Å². The Morgan fingerprint density at radius 2 is 1.92 bits per heavy atom. The van der Waals surface area contributed by atoms with Crippen molar-refractivity contribution in [3.8, 4) is 0 Å². The van der Waals surface area contributed by atoms with Crippen LogP contribution in [0.1, 0.15) is 11.1 Å². The van der Waals surface area contributed by atoms with Crippen molar-refractivity contribution < 1.29 is 4.79 Å². The van der Waals surface area contributed by atoms with Crippen molar-refractivity contribution in [2.45, 2.75) is 6.92 Å². The van der Waals surface area contributed by atoms with Gasteiger partial charge in [0.2, 0.25) is 0 Å². The van der Waals surface area contributed by atoms with Crippen LogP contribution in [-0.4, -0.2) is 23.2 Å². The Labute approximate surface area is 141 Å². The molecule has 0 spiro atoms. The molecule has 2 N–H and O–H groups in total. The molecule has 0 bridgehead atoms. The molecule has 0 aliphatic carbocycles. The van der Waals surface area contributed by atoms with Gasteiger partial charge < -0.3 is 9.88 Å². The first-order chi connectivity index (χ1) is 11.6. The van der Waals surface area contributed by atoms with E-state index in [2.05, 4.69) is 21.9 Å². The van der Waals surface area contributed by atoms with Crippen molar-refractivity contribution >= 4 is 28.7 Å². The predicted octanol–water partition coefficient (Wildman–Crippen LogP) is 3.05. The minimum atomic E-state index is -0.185. The molecule has 122 valence electrons. The summed E-state index contributed by atoms with van der Waals surface area (Å²) < 4.78 is 2.04. The highest BCUT2D eigenvalue weighted by Gasteiger charge is 2.04. The summed E-state index contributed by atoms with van der Waals surface area (Å²) in [4.78, 5) is 11.9. The average molecular weight is 320 g/mol. The number of carbonyl (C=O) groups is 1. The standard InChI is InChI=1S/C19H20N4O/c1-14-7-3-5-9-17(14)20-12-19(24)22-21-11-15-13-23(2)18-10-6-4-8-16(15)18/h3-11,13,20H,12H2,1-2H3,(H,22,24)/b21-11+. The van der Waals surface area contributed by atoms with E-state index in [1.807, 2.05) is 67.2 Å². The van der Waals surface area contributed by atoms with Crippen LogP contribution in [-0.2, 0) is 11.8 Å². The van der Waals surface area contributed by atoms with Gasteiger partial charge >= 0.3 is 0 Å². The number of para-hydroxylation sites is 2. The molecule has 1 amide bonds. The molecular weight excluding hydrogens is 300 g/mol. The fourth-order valence-electron chi connectivity index (χ4n) is 2.64. The zero-order valence-electron chi connectivity index (χ0n) is 13.8. The minimum absolute atomic E-state index is 0.178. The van der Waals surface area contributed by atoms with Gasteiger partial charge in [0.1, 0.15) is 0 Å². The van der Waals surface area contributed by atoms with E-state index in [1.165, 1.54) is 0 Å². The van der Waals surface area contributed by atoms with Gasteiger partial charge in [-0.25, -0.2) is 5.43 Å². The number of carbonyl (C=O) groups excluding carboxylic acids is 1. The number of aryl methyl sites for hydroxylation is 2. The number of nitrogens with one attached hydrogen (secondary N) is 2. The van der Waals surface area contributed by atoms with E-state index >= 15 is 0 Å². The number of amides is 1. The van der Waals surface area contributed by atoms with Gasteiger partial charge in [0.05, 0.1) is 12.8 Å². The maximum absolute atomic E-state index is 11.9. The molecule has 5 heteroatoms. The van der Waals surface area contributed by atoms with E-state index in [1.54, 1.807) is 6.21 Å². The average Bonchev–Trinajstić information content (AvgIpc) is 2.91. The quantitative estimate of drug-likeness (QED) is 0.561. The van der Waals surface area contributed by atoms with Gasteiger partial charge in [-0.3, -0.25) is 4.79 Å². The smallest absolute Gasteiger partial charge is 0.259 e. The molecule has 0 aliphatic rings. The minimum Gasteiger partial charge on any atom is -0.376 e. The van der Waals surface area contributed by atoms with E-state index < -0.39 is 0 Å².